The molecular weight excluding hydrogens is 451 g/mol. The zero-order valence-electron chi connectivity index (χ0n) is 16.3. The zero-order valence-corrected chi connectivity index (χ0v) is 18.7. The van der Waals surface area contributed by atoms with Gasteiger partial charge in [-0.3, -0.25) is 9.59 Å². The average molecular weight is 473 g/mol. The smallest absolute Gasteiger partial charge is 0.326 e. The highest BCUT2D eigenvalue weighted by atomic mass is 35.5. The van der Waals surface area contributed by atoms with Gasteiger partial charge >= 0.3 is 5.97 Å². The summed E-state index contributed by atoms with van der Waals surface area (Å²) >= 11 is 11.3. The summed E-state index contributed by atoms with van der Waals surface area (Å²) in [5, 5.41) is 2.52. The van der Waals surface area contributed by atoms with Crippen LogP contribution in [0.4, 0.5) is 0 Å². The number of amides is 1. The molecule has 0 radical (unpaired) electrons. The fraction of sp³-hybridized carbons (Fsp3) is 0.300. The highest BCUT2D eigenvalue weighted by molar-refractivity contribution is 7.89. The minimum absolute atomic E-state index is 0.0185. The quantitative estimate of drug-likeness (QED) is 0.431. The fourth-order valence-electron chi connectivity index (χ4n) is 2.67. The van der Waals surface area contributed by atoms with Crippen molar-refractivity contribution in [3.05, 3.63) is 65.7 Å². The lowest BCUT2D eigenvalue weighted by molar-refractivity contribution is -0.146. The Kier molecular flexibility index (Phi) is 8.66. The molecule has 0 heterocycles. The molecule has 2 atom stereocenters. The number of nitrogens with one attached hydrogen (secondary N) is 2. The molecule has 0 saturated heterocycles. The third kappa shape index (κ3) is 6.43. The minimum Gasteiger partial charge on any atom is -0.465 e. The number of hydrogen-bond acceptors (Lipinski definition) is 5. The molecule has 0 aliphatic rings. The molecule has 1 amide bonds. The van der Waals surface area contributed by atoms with E-state index in [-0.39, 0.29) is 11.5 Å². The number of carbonyl (C=O) groups is 2. The van der Waals surface area contributed by atoms with E-state index in [2.05, 4.69) is 10.0 Å². The second kappa shape index (κ2) is 10.8. The zero-order chi connectivity index (χ0) is 22.3. The van der Waals surface area contributed by atoms with E-state index < -0.39 is 38.8 Å². The topological polar surface area (TPSA) is 102 Å². The number of benzene rings is 2. The van der Waals surface area contributed by atoms with Gasteiger partial charge in [-0.05, 0) is 31.5 Å². The van der Waals surface area contributed by atoms with Gasteiger partial charge in [-0.15, -0.1) is 0 Å². The monoisotopic (exact) mass is 472 g/mol. The van der Waals surface area contributed by atoms with E-state index in [1.54, 1.807) is 49.4 Å². The number of carbonyl (C=O) groups excluding carboxylic acids is 2. The third-order valence-electron chi connectivity index (χ3n) is 4.14. The molecule has 7 nitrogen and oxygen atoms in total. The Hall–Kier alpha value is -2.13. The van der Waals surface area contributed by atoms with Gasteiger partial charge in [0.25, 0.3) is 5.91 Å². The molecular formula is C20H22Cl2N2O5S. The van der Waals surface area contributed by atoms with Crippen molar-refractivity contribution >= 4 is 45.1 Å². The van der Waals surface area contributed by atoms with Crippen LogP contribution in [0.1, 0.15) is 24.1 Å². The van der Waals surface area contributed by atoms with E-state index in [9.17, 15) is 18.0 Å². The molecule has 0 saturated carbocycles. The number of esters is 1. The molecule has 0 unspecified atom stereocenters. The third-order valence-corrected chi connectivity index (χ3v) is 6.00. The summed E-state index contributed by atoms with van der Waals surface area (Å²) in [6.07, 6.45) is 0. The van der Waals surface area contributed by atoms with Gasteiger partial charge in [0, 0.05) is 0 Å². The van der Waals surface area contributed by atoms with Crippen molar-refractivity contribution < 1.29 is 22.7 Å². The van der Waals surface area contributed by atoms with Crippen LogP contribution in [-0.2, 0) is 24.3 Å². The Bertz CT molecular complexity index is 966. The molecule has 2 aromatic rings. The van der Waals surface area contributed by atoms with Gasteiger partial charge in [-0.2, -0.15) is 4.72 Å². The summed E-state index contributed by atoms with van der Waals surface area (Å²) in [6.45, 7) is 3.43. The molecule has 0 aromatic heterocycles. The first kappa shape index (κ1) is 24.1. The average Bonchev–Trinajstić information content (AvgIpc) is 2.71. The van der Waals surface area contributed by atoms with Crippen LogP contribution in [0.5, 0.6) is 0 Å². The highest BCUT2D eigenvalue weighted by Crippen LogP contribution is 2.22. The lowest BCUT2D eigenvalue weighted by Gasteiger charge is -2.28. The lowest BCUT2D eigenvalue weighted by Crippen LogP contribution is -2.51. The van der Waals surface area contributed by atoms with Crippen LogP contribution in [0.25, 0.3) is 0 Å². The van der Waals surface area contributed by atoms with Crippen LogP contribution in [-0.4, -0.2) is 37.8 Å². The van der Waals surface area contributed by atoms with Gasteiger partial charge < -0.3 is 10.1 Å². The maximum absolute atomic E-state index is 12.9. The minimum atomic E-state index is -4.12. The number of hydrogen-bond donors (Lipinski definition) is 2. The van der Waals surface area contributed by atoms with Crippen LogP contribution in [0.15, 0.2) is 59.5 Å². The molecule has 0 fully saturated rings. The second-order valence-corrected chi connectivity index (χ2v) is 9.17. The maximum atomic E-state index is 12.9. The number of ether oxygens (including phenoxy) is 1. The fourth-order valence-corrected chi connectivity index (χ4v) is 4.00. The molecule has 162 valence electrons. The Morgan fingerprint density at radius 2 is 1.63 bits per heavy atom. The van der Waals surface area contributed by atoms with Crippen LogP contribution < -0.4 is 10.0 Å². The maximum Gasteiger partial charge on any atom is 0.326 e. The van der Waals surface area contributed by atoms with Gasteiger partial charge in [0.1, 0.15) is 6.04 Å². The molecule has 30 heavy (non-hydrogen) atoms. The van der Waals surface area contributed by atoms with Gasteiger partial charge in [0.2, 0.25) is 10.0 Å². The summed E-state index contributed by atoms with van der Waals surface area (Å²) in [7, 11) is -4.12. The largest absolute Gasteiger partial charge is 0.465 e. The van der Waals surface area contributed by atoms with Crippen LogP contribution >= 0.6 is 23.2 Å². The van der Waals surface area contributed by atoms with Crippen molar-refractivity contribution in [1.82, 2.24) is 10.0 Å². The van der Waals surface area contributed by atoms with Crippen LogP contribution in [0.2, 0.25) is 0 Å². The first-order chi connectivity index (χ1) is 14.2. The Morgan fingerprint density at radius 3 is 2.17 bits per heavy atom. The Labute approximate surface area is 185 Å². The summed E-state index contributed by atoms with van der Waals surface area (Å²) in [5.74, 6) is -1.64. The number of aryl methyl sites for hydroxylation is 1. The normalized spacial score (nSPS) is 13.5. The van der Waals surface area contributed by atoms with Crippen molar-refractivity contribution in [3.8, 4) is 0 Å². The van der Waals surface area contributed by atoms with Gasteiger partial charge in [-0.25, -0.2) is 8.42 Å². The lowest BCUT2D eigenvalue weighted by atomic mass is 10.00. The molecule has 2 aromatic carbocycles. The number of alkyl halides is 2. The van der Waals surface area contributed by atoms with Gasteiger partial charge in [0.05, 0.1) is 17.5 Å². The standard InChI is InChI=1S/C20H22Cl2N2O5S/c1-3-29-20(26)17(24-30(27,28)15-11-9-13(2)10-12-15)16(23-19(25)18(21)22)14-7-5-4-6-8-14/h4-12,16-18,24H,3H2,1-2H3,(H,23,25)/t16-,17+/m1/s1. The molecule has 0 aliphatic carbocycles. The highest BCUT2D eigenvalue weighted by Gasteiger charge is 2.36. The molecule has 0 aliphatic heterocycles. The van der Waals surface area contributed by atoms with Crippen molar-refractivity contribution in [2.75, 3.05) is 6.61 Å². The first-order valence-electron chi connectivity index (χ1n) is 9.04. The van der Waals surface area contributed by atoms with E-state index in [1.165, 1.54) is 12.1 Å². The molecule has 2 rings (SSSR count). The Morgan fingerprint density at radius 1 is 1.03 bits per heavy atom. The number of halogens is 2. The number of rotatable bonds is 9. The van der Waals surface area contributed by atoms with Crippen molar-refractivity contribution in [3.63, 3.8) is 0 Å². The van der Waals surface area contributed by atoms with E-state index in [0.717, 1.165) is 5.56 Å². The Balaban J connectivity index is 2.48. The summed E-state index contributed by atoms with van der Waals surface area (Å²) in [4.78, 5) is 23.4. The van der Waals surface area contributed by atoms with E-state index >= 15 is 0 Å². The predicted octanol–water partition coefficient (Wildman–Crippen LogP) is 2.87. The second-order valence-electron chi connectivity index (χ2n) is 6.36. The van der Waals surface area contributed by atoms with Crippen LogP contribution in [0.3, 0.4) is 0 Å². The molecule has 0 bridgehead atoms. The van der Waals surface area contributed by atoms with Crippen molar-refractivity contribution in [2.24, 2.45) is 0 Å². The first-order valence-corrected chi connectivity index (χ1v) is 11.4. The summed E-state index contributed by atoms with van der Waals surface area (Å²) in [6, 6.07) is 11.9. The summed E-state index contributed by atoms with van der Waals surface area (Å²) < 4.78 is 33.3. The predicted molar refractivity (Wildman–Crippen MR) is 115 cm³/mol. The SMILES string of the molecule is CCOC(=O)[C@@H](NS(=O)(=O)c1ccc(C)cc1)[C@H](NC(=O)C(Cl)Cl)c1ccccc1. The van der Waals surface area contributed by atoms with Crippen molar-refractivity contribution in [1.29, 1.82) is 0 Å². The van der Waals surface area contributed by atoms with E-state index in [1.807, 2.05) is 6.92 Å². The van der Waals surface area contributed by atoms with E-state index in [0.29, 0.717) is 5.56 Å². The van der Waals surface area contributed by atoms with Gasteiger partial charge in [-0.1, -0.05) is 71.2 Å². The van der Waals surface area contributed by atoms with Gasteiger partial charge in [0.15, 0.2) is 4.84 Å². The van der Waals surface area contributed by atoms with Crippen LogP contribution in [0, 0.1) is 6.92 Å². The molecule has 10 heteroatoms. The van der Waals surface area contributed by atoms with Crippen molar-refractivity contribution in [2.45, 2.75) is 35.7 Å². The molecule has 2 N–H and O–H groups in total. The number of sulfonamides is 1. The van der Waals surface area contributed by atoms with E-state index in [4.69, 9.17) is 27.9 Å². The molecule has 0 spiro atoms. The summed E-state index contributed by atoms with van der Waals surface area (Å²) in [5.41, 5.74) is 1.34.